The number of rotatable bonds is 10. The van der Waals surface area contributed by atoms with E-state index in [1.807, 2.05) is 11.8 Å². The Balaban J connectivity index is 2.75. The molecule has 1 rings (SSSR count). The fourth-order valence-electron chi connectivity index (χ4n) is 1.96. The summed E-state index contributed by atoms with van der Waals surface area (Å²) in [6.07, 6.45) is 2.28. The number of ether oxygens (including phenoxy) is 1. The number of para-hydroxylation sites is 1. The maximum Gasteiger partial charge on any atom is 0.124 e. The van der Waals surface area contributed by atoms with Gasteiger partial charge in [-0.3, -0.25) is 0 Å². The molecule has 1 atom stereocenters. The van der Waals surface area contributed by atoms with E-state index in [0.29, 0.717) is 6.04 Å². The molecule has 0 aliphatic carbocycles. The van der Waals surface area contributed by atoms with Gasteiger partial charge < -0.3 is 10.1 Å². The second-order valence-corrected chi connectivity index (χ2v) is 5.72. The molecule has 2 nitrogen and oxygen atoms in total. The lowest BCUT2D eigenvalue weighted by Gasteiger charge is -2.21. The average molecular weight is 281 g/mol. The molecular formula is C16H27NOS. The van der Waals surface area contributed by atoms with Crippen LogP contribution in [0.5, 0.6) is 5.75 Å². The Kier molecular flexibility index (Phi) is 8.76. The van der Waals surface area contributed by atoms with Gasteiger partial charge in [0.25, 0.3) is 0 Å². The van der Waals surface area contributed by atoms with E-state index in [4.69, 9.17) is 4.74 Å². The maximum atomic E-state index is 5.87. The first kappa shape index (κ1) is 16.4. The van der Waals surface area contributed by atoms with Crippen LogP contribution in [-0.2, 0) is 0 Å². The summed E-state index contributed by atoms with van der Waals surface area (Å²) in [6, 6.07) is 8.80. The molecule has 0 aliphatic heterocycles. The van der Waals surface area contributed by atoms with Crippen molar-refractivity contribution >= 4 is 11.8 Å². The van der Waals surface area contributed by atoms with Crippen molar-refractivity contribution in [2.75, 3.05) is 24.7 Å². The third kappa shape index (κ3) is 5.87. The summed E-state index contributed by atoms with van der Waals surface area (Å²) < 4.78 is 5.87. The summed E-state index contributed by atoms with van der Waals surface area (Å²) in [5.74, 6) is 3.36. The molecule has 0 bridgehead atoms. The van der Waals surface area contributed by atoms with Gasteiger partial charge in [-0.15, -0.1) is 0 Å². The molecule has 0 aromatic heterocycles. The molecule has 19 heavy (non-hydrogen) atoms. The normalized spacial score (nSPS) is 12.4. The van der Waals surface area contributed by atoms with E-state index < -0.39 is 0 Å². The third-order valence-corrected chi connectivity index (χ3v) is 4.11. The van der Waals surface area contributed by atoms with Crippen molar-refractivity contribution in [3.05, 3.63) is 29.8 Å². The number of nitrogens with one attached hydrogen (secondary N) is 1. The monoisotopic (exact) mass is 281 g/mol. The van der Waals surface area contributed by atoms with Gasteiger partial charge >= 0.3 is 0 Å². The van der Waals surface area contributed by atoms with Crippen LogP contribution in [0.4, 0.5) is 0 Å². The Morgan fingerprint density at radius 3 is 2.63 bits per heavy atom. The highest BCUT2D eigenvalue weighted by atomic mass is 32.2. The highest BCUT2D eigenvalue weighted by Crippen LogP contribution is 2.28. The van der Waals surface area contributed by atoms with Crippen molar-refractivity contribution in [3.63, 3.8) is 0 Å². The molecule has 0 fully saturated rings. The van der Waals surface area contributed by atoms with Crippen LogP contribution in [0.2, 0.25) is 0 Å². The van der Waals surface area contributed by atoms with Crippen molar-refractivity contribution < 1.29 is 4.74 Å². The fraction of sp³-hybridized carbons (Fsp3) is 0.625. The van der Waals surface area contributed by atoms with Gasteiger partial charge in [0.05, 0.1) is 6.61 Å². The van der Waals surface area contributed by atoms with E-state index in [0.717, 1.165) is 31.1 Å². The highest BCUT2D eigenvalue weighted by Gasteiger charge is 2.14. The first-order valence-electron chi connectivity index (χ1n) is 7.36. The zero-order valence-electron chi connectivity index (χ0n) is 12.4. The van der Waals surface area contributed by atoms with Gasteiger partial charge in [-0.2, -0.15) is 11.8 Å². The van der Waals surface area contributed by atoms with E-state index in [-0.39, 0.29) is 0 Å². The Hall–Kier alpha value is -0.670. The Bertz CT molecular complexity index is 343. The quantitative estimate of drug-likeness (QED) is 0.647. The van der Waals surface area contributed by atoms with E-state index in [1.54, 1.807) is 0 Å². The average Bonchev–Trinajstić information content (AvgIpc) is 2.45. The van der Waals surface area contributed by atoms with Crippen molar-refractivity contribution in [1.29, 1.82) is 0 Å². The van der Waals surface area contributed by atoms with Gasteiger partial charge in [-0.25, -0.2) is 0 Å². The van der Waals surface area contributed by atoms with Crippen LogP contribution in [-0.4, -0.2) is 24.7 Å². The molecule has 0 radical (unpaired) electrons. The van der Waals surface area contributed by atoms with E-state index in [2.05, 4.69) is 50.4 Å². The molecule has 0 saturated heterocycles. The van der Waals surface area contributed by atoms with Crippen LogP contribution < -0.4 is 10.1 Å². The van der Waals surface area contributed by atoms with Crippen LogP contribution in [0.1, 0.15) is 45.2 Å². The summed E-state index contributed by atoms with van der Waals surface area (Å²) in [5, 5.41) is 3.57. The molecule has 3 heteroatoms. The summed E-state index contributed by atoms with van der Waals surface area (Å²) >= 11 is 2.01. The summed E-state index contributed by atoms with van der Waals surface area (Å²) in [7, 11) is 0. The number of thioether (sulfide) groups is 1. The van der Waals surface area contributed by atoms with Gasteiger partial charge in [-0.1, -0.05) is 39.0 Å². The minimum atomic E-state index is 0.384. The van der Waals surface area contributed by atoms with Crippen molar-refractivity contribution in [2.24, 2.45) is 0 Å². The summed E-state index contributed by atoms with van der Waals surface area (Å²) in [6.45, 7) is 8.31. The molecule has 108 valence electrons. The number of hydrogen-bond donors (Lipinski definition) is 1. The van der Waals surface area contributed by atoms with E-state index in [9.17, 15) is 0 Å². The van der Waals surface area contributed by atoms with Crippen LogP contribution in [0.25, 0.3) is 0 Å². The molecule has 1 unspecified atom stereocenters. The van der Waals surface area contributed by atoms with Crippen molar-refractivity contribution in [2.45, 2.75) is 39.7 Å². The van der Waals surface area contributed by atoms with Crippen LogP contribution in [0.15, 0.2) is 24.3 Å². The molecule has 1 aromatic carbocycles. The summed E-state index contributed by atoms with van der Waals surface area (Å²) in [5.41, 5.74) is 1.29. The predicted molar refractivity (Wildman–Crippen MR) is 86.3 cm³/mol. The fourth-order valence-corrected chi connectivity index (χ4v) is 2.95. The second kappa shape index (κ2) is 10.2. The zero-order valence-corrected chi connectivity index (χ0v) is 13.3. The lowest BCUT2D eigenvalue weighted by atomic mass is 10.1. The topological polar surface area (TPSA) is 21.3 Å². The number of benzene rings is 1. The van der Waals surface area contributed by atoms with E-state index in [1.165, 1.54) is 17.7 Å². The zero-order chi connectivity index (χ0) is 13.9. The Labute approximate surface area is 122 Å². The summed E-state index contributed by atoms with van der Waals surface area (Å²) in [4.78, 5) is 0. The van der Waals surface area contributed by atoms with Crippen LogP contribution in [0.3, 0.4) is 0 Å². The highest BCUT2D eigenvalue weighted by molar-refractivity contribution is 7.99. The van der Waals surface area contributed by atoms with Crippen molar-refractivity contribution in [3.8, 4) is 5.75 Å². The third-order valence-electron chi connectivity index (χ3n) is 2.84. The van der Waals surface area contributed by atoms with E-state index >= 15 is 0 Å². The lowest BCUT2D eigenvalue weighted by molar-refractivity contribution is 0.311. The molecule has 0 spiro atoms. The first-order valence-corrected chi connectivity index (χ1v) is 8.51. The van der Waals surface area contributed by atoms with Gasteiger partial charge in [0.1, 0.15) is 5.75 Å². The molecule has 0 heterocycles. The molecule has 0 aliphatic rings. The smallest absolute Gasteiger partial charge is 0.124 e. The van der Waals surface area contributed by atoms with Gasteiger partial charge in [0, 0.05) is 17.4 Å². The van der Waals surface area contributed by atoms with Gasteiger partial charge in [0.15, 0.2) is 0 Å². The van der Waals surface area contributed by atoms with Crippen molar-refractivity contribution in [1.82, 2.24) is 5.32 Å². The minimum absolute atomic E-state index is 0.384. The SMILES string of the molecule is CCCOc1ccccc1C(CSCCC)NCC. The molecule has 0 saturated carbocycles. The van der Waals surface area contributed by atoms with Gasteiger partial charge in [0.2, 0.25) is 0 Å². The first-order chi connectivity index (χ1) is 9.33. The van der Waals surface area contributed by atoms with Crippen LogP contribution in [0, 0.1) is 0 Å². The van der Waals surface area contributed by atoms with Gasteiger partial charge in [-0.05, 0) is 31.2 Å². The Morgan fingerprint density at radius 1 is 1.16 bits per heavy atom. The molecular weight excluding hydrogens is 254 g/mol. The maximum absolute atomic E-state index is 5.87. The lowest BCUT2D eigenvalue weighted by Crippen LogP contribution is -2.23. The predicted octanol–water partition coefficient (Wildman–Crippen LogP) is 4.27. The Morgan fingerprint density at radius 2 is 1.95 bits per heavy atom. The second-order valence-electron chi connectivity index (χ2n) is 4.57. The molecule has 0 amide bonds. The standard InChI is InChI=1S/C16H27NOS/c1-4-11-18-16-10-8-7-9-14(16)15(17-6-3)13-19-12-5-2/h7-10,15,17H,4-6,11-13H2,1-3H3. The van der Waals surface area contributed by atoms with Crippen LogP contribution >= 0.6 is 11.8 Å². The number of hydrogen-bond acceptors (Lipinski definition) is 3. The largest absolute Gasteiger partial charge is 0.493 e. The molecule has 1 aromatic rings. The minimum Gasteiger partial charge on any atom is -0.493 e. The molecule has 1 N–H and O–H groups in total.